The maximum atomic E-state index is 11.6. The van der Waals surface area contributed by atoms with Gasteiger partial charge in [0.1, 0.15) is 0 Å². The van der Waals surface area contributed by atoms with Crippen molar-refractivity contribution < 1.29 is 4.79 Å². The predicted molar refractivity (Wildman–Crippen MR) is 71.9 cm³/mol. The first-order valence-electron chi connectivity index (χ1n) is 6.67. The van der Waals surface area contributed by atoms with Gasteiger partial charge in [-0.25, -0.2) is 0 Å². The number of halogens is 1. The molecule has 0 aromatic carbocycles. The summed E-state index contributed by atoms with van der Waals surface area (Å²) in [6.07, 6.45) is 10.4. The van der Waals surface area contributed by atoms with E-state index in [1.165, 1.54) is 38.5 Å². The molecular weight excluding hydrogens is 266 g/mol. The second-order valence-corrected chi connectivity index (χ2v) is 5.96. The molecular formula is C13H24BrNO. The Kier molecular flexibility index (Phi) is 7.10. The van der Waals surface area contributed by atoms with E-state index in [9.17, 15) is 4.79 Å². The summed E-state index contributed by atoms with van der Waals surface area (Å²) in [6.45, 7) is 2.21. The van der Waals surface area contributed by atoms with Crippen LogP contribution in [0.15, 0.2) is 0 Å². The Balaban J connectivity index is 2.02. The first-order chi connectivity index (χ1) is 7.74. The van der Waals surface area contributed by atoms with Gasteiger partial charge in [-0.3, -0.25) is 4.79 Å². The molecule has 0 heterocycles. The molecule has 1 N–H and O–H groups in total. The normalized spacial score (nSPS) is 24.6. The Morgan fingerprint density at radius 1 is 1.25 bits per heavy atom. The zero-order valence-corrected chi connectivity index (χ0v) is 11.9. The smallest absolute Gasteiger partial charge is 0.220 e. The minimum atomic E-state index is 0.243. The van der Waals surface area contributed by atoms with Gasteiger partial charge in [0.05, 0.1) is 0 Å². The number of hydrogen-bond acceptors (Lipinski definition) is 1. The molecule has 1 amide bonds. The molecule has 0 spiro atoms. The van der Waals surface area contributed by atoms with Gasteiger partial charge < -0.3 is 5.32 Å². The van der Waals surface area contributed by atoms with Crippen molar-refractivity contribution in [3.63, 3.8) is 0 Å². The molecule has 3 heteroatoms. The predicted octanol–water partition coefficient (Wildman–Crippen LogP) is 3.78. The maximum absolute atomic E-state index is 11.6. The van der Waals surface area contributed by atoms with Crippen LogP contribution in [0.5, 0.6) is 0 Å². The fourth-order valence-corrected chi connectivity index (χ4v) is 2.97. The first-order valence-corrected chi connectivity index (χ1v) is 7.59. The third kappa shape index (κ3) is 5.33. The van der Waals surface area contributed by atoms with Gasteiger partial charge >= 0.3 is 0 Å². The van der Waals surface area contributed by atoms with E-state index >= 15 is 0 Å². The molecule has 1 rings (SSSR count). The summed E-state index contributed by atoms with van der Waals surface area (Å²) in [6, 6.07) is 0.378. The fraction of sp³-hybridized carbons (Fsp3) is 0.923. The summed E-state index contributed by atoms with van der Waals surface area (Å²) in [5.74, 6) is 0.243. The van der Waals surface area contributed by atoms with Gasteiger partial charge in [0.15, 0.2) is 0 Å². The average molecular weight is 290 g/mol. The van der Waals surface area contributed by atoms with Crippen LogP contribution in [0.25, 0.3) is 0 Å². The van der Waals surface area contributed by atoms with Crippen molar-refractivity contribution in [2.24, 2.45) is 0 Å². The topological polar surface area (TPSA) is 29.1 Å². The molecule has 1 aliphatic rings. The fourth-order valence-electron chi connectivity index (χ4n) is 2.25. The van der Waals surface area contributed by atoms with Crippen LogP contribution in [-0.2, 0) is 4.79 Å². The average Bonchev–Trinajstić information content (AvgIpc) is 2.64. The molecule has 16 heavy (non-hydrogen) atoms. The minimum Gasteiger partial charge on any atom is -0.352 e. The lowest BCUT2D eigenvalue weighted by atomic mass is 10.1. The van der Waals surface area contributed by atoms with Crippen molar-refractivity contribution in [2.45, 2.75) is 75.6 Å². The highest BCUT2D eigenvalue weighted by Gasteiger charge is 2.25. The van der Waals surface area contributed by atoms with Gasteiger partial charge in [0.25, 0.3) is 0 Å². The molecule has 94 valence electrons. The first kappa shape index (κ1) is 14.0. The highest BCUT2D eigenvalue weighted by atomic mass is 79.9. The third-order valence-corrected chi connectivity index (χ3v) is 4.38. The van der Waals surface area contributed by atoms with E-state index in [0.29, 0.717) is 17.3 Å². The van der Waals surface area contributed by atoms with Crippen LogP contribution in [0.3, 0.4) is 0 Å². The molecule has 0 saturated heterocycles. The Labute approximate surface area is 108 Å². The Hall–Kier alpha value is -0.0500. The van der Waals surface area contributed by atoms with Crippen molar-refractivity contribution in [3.05, 3.63) is 0 Å². The van der Waals surface area contributed by atoms with Crippen molar-refractivity contribution in [1.29, 1.82) is 0 Å². The lowest BCUT2D eigenvalue weighted by molar-refractivity contribution is -0.121. The van der Waals surface area contributed by atoms with E-state index < -0.39 is 0 Å². The Bertz CT molecular complexity index is 208. The standard InChI is InChI=1S/C13H24BrNO/c1-2-3-4-5-6-10-13(16)15-12-9-7-8-11(12)14/h11-12H,2-10H2,1H3,(H,15,16). The molecule has 1 saturated carbocycles. The highest BCUT2D eigenvalue weighted by molar-refractivity contribution is 9.09. The van der Waals surface area contributed by atoms with Gasteiger partial charge in [0.2, 0.25) is 5.91 Å². The van der Waals surface area contributed by atoms with Crippen LogP contribution in [0.4, 0.5) is 0 Å². The second-order valence-electron chi connectivity index (χ2n) is 4.79. The van der Waals surface area contributed by atoms with Crippen LogP contribution in [0.2, 0.25) is 0 Å². The van der Waals surface area contributed by atoms with Crippen LogP contribution in [0, 0.1) is 0 Å². The van der Waals surface area contributed by atoms with E-state index in [1.807, 2.05) is 0 Å². The number of amides is 1. The lowest BCUT2D eigenvalue weighted by Crippen LogP contribution is -2.37. The highest BCUT2D eigenvalue weighted by Crippen LogP contribution is 2.25. The van der Waals surface area contributed by atoms with Crippen LogP contribution >= 0.6 is 15.9 Å². The van der Waals surface area contributed by atoms with E-state index in [2.05, 4.69) is 28.2 Å². The van der Waals surface area contributed by atoms with Crippen LogP contribution < -0.4 is 5.32 Å². The zero-order chi connectivity index (χ0) is 11.8. The number of carbonyl (C=O) groups is 1. The number of unbranched alkanes of at least 4 members (excludes halogenated alkanes) is 4. The molecule has 0 bridgehead atoms. The zero-order valence-electron chi connectivity index (χ0n) is 10.3. The van der Waals surface area contributed by atoms with Crippen LogP contribution in [-0.4, -0.2) is 16.8 Å². The molecule has 0 aliphatic heterocycles. The lowest BCUT2D eigenvalue weighted by Gasteiger charge is -2.15. The molecule has 0 radical (unpaired) electrons. The van der Waals surface area contributed by atoms with Gasteiger partial charge in [-0.2, -0.15) is 0 Å². The number of hydrogen-bond donors (Lipinski definition) is 1. The monoisotopic (exact) mass is 289 g/mol. The van der Waals surface area contributed by atoms with Gasteiger partial charge in [-0.05, 0) is 19.3 Å². The number of carbonyl (C=O) groups excluding carboxylic acids is 1. The summed E-state index contributed by atoms with van der Waals surface area (Å²) in [5.41, 5.74) is 0. The van der Waals surface area contributed by atoms with Crippen molar-refractivity contribution in [1.82, 2.24) is 5.32 Å². The van der Waals surface area contributed by atoms with Crippen molar-refractivity contribution >= 4 is 21.8 Å². The van der Waals surface area contributed by atoms with E-state index in [-0.39, 0.29) is 5.91 Å². The van der Waals surface area contributed by atoms with E-state index in [0.717, 1.165) is 12.8 Å². The summed E-state index contributed by atoms with van der Waals surface area (Å²) in [5, 5.41) is 3.13. The second kappa shape index (κ2) is 8.10. The minimum absolute atomic E-state index is 0.243. The quantitative estimate of drug-likeness (QED) is 0.561. The van der Waals surface area contributed by atoms with E-state index in [4.69, 9.17) is 0 Å². The summed E-state index contributed by atoms with van der Waals surface area (Å²) in [4.78, 5) is 12.1. The molecule has 0 aromatic heterocycles. The Morgan fingerprint density at radius 3 is 2.62 bits per heavy atom. The summed E-state index contributed by atoms with van der Waals surface area (Å²) >= 11 is 3.62. The van der Waals surface area contributed by atoms with Gasteiger partial charge in [-0.1, -0.05) is 55.0 Å². The molecule has 1 fully saturated rings. The molecule has 2 unspecified atom stereocenters. The number of alkyl halides is 1. The van der Waals surface area contributed by atoms with Crippen LogP contribution in [0.1, 0.15) is 64.7 Å². The van der Waals surface area contributed by atoms with E-state index in [1.54, 1.807) is 0 Å². The van der Waals surface area contributed by atoms with Crippen molar-refractivity contribution in [3.8, 4) is 0 Å². The molecule has 0 aromatic rings. The number of nitrogens with one attached hydrogen (secondary N) is 1. The van der Waals surface area contributed by atoms with Crippen molar-refractivity contribution in [2.75, 3.05) is 0 Å². The third-order valence-electron chi connectivity index (χ3n) is 3.29. The molecule has 2 nitrogen and oxygen atoms in total. The van der Waals surface area contributed by atoms with Gasteiger partial charge in [0, 0.05) is 17.3 Å². The molecule has 1 aliphatic carbocycles. The summed E-state index contributed by atoms with van der Waals surface area (Å²) < 4.78 is 0. The molecule has 2 atom stereocenters. The maximum Gasteiger partial charge on any atom is 0.220 e. The van der Waals surface area contributed by atoms with Gasteiger partial charge in [-0.15, -0.1) is 0 Å². The number of rotatable bonds is 7. The largest absolute Gasteiger partial charge is 0.352 e. The SMILES string of the molecule is CCCCCCCC(=O)NC1CCCC1Br. The summed E-state index contributed by atoms with van der Waals surface area (Å²) in [7, 11) is 0. The Morgan fingerprint density at radius 2 is 2.00 bits per heavy atom.